The maximum atomic E-state index is 11.1. The summed E-state index contributed by atoms with van der Waals surface area (Å²) in [7, 11) is 0. The Morgan fingerprint density at radius 2 is 2.50 bits per heavy atom. The lowest BCUT2D eigenvalue weighted by Gasteiger charge is -2.06. The molecule has 1 heterocycles. The fourth-order valence-electron chi connectivity index (χ4n) is 1.43. The summed E-state index contributed by atoms with van der Waals surface area (Å²) in [6, 6.07) is 2.11. The Bertz CT molecular complexity index is 207. The lowest BCUT2D eigenvalue weighted by molar-refractivity contribution is -0.141. The number of ether oxygens (including phenoxy) is 1. The Hall–Kier alpha value is -1.04. The maximum Gasteiger partial charge on any atom is 0.310 e. The van der Waals surface area contributed by atoms with E-state index in [9.17, 15) is 4.79 Å². The van der Waals surface area contributed by atoms with Crippen molar-refractivity contribution in [3.63, 3.8) is 0 Å². The van der Waals surface area contributed by atoms with Crippen LogP contribution in [0.4, 0.5) is 0 Å². The molecule has 0 aromatic carbocycles. The second kappa shape index (κ2) is 4.10. The van der Waals surface area contributed by atoms with E-state index < -0.39 is 0 Å². The summed E-state index contributed by atoms with van der Waals surface area (Å²) in [5.41, 5.74) is 0. The zero-order valence-electron chi connectivity index (χ0n) is 7.25. The van der Waals surface area contributed by atoms with E-state index in [0.29, 0.717) is 6.61 Å². The number of unbranched alkanes of at least 4 members (excludes halogenated alkanes) is 1. The average molecular weight is 167 g/mol. The minimum Gasteiger partial charge on any atom is -0.464 e. The van der Waals surface area contributed by atoms with Crippen molar-refractivity contribution in [1.29, 1.82) is 5.26 Å². The summed E-state index contributed by atoms with van der Waals surface area (Å²) in [5.74, 6) is -0.547. The first-order chi connectivity index (χ1) is 5.79. The molecule has 0 aromatic rings. The number of cyclic esters (lactones) is 1. The van der Waals surface area contributed by atoms with Gasteiger partial charge in [-0.05, 0) is 6.42 Å². The van der Waals surface area contributed by atoms with Gasteiger partial charge in [-0.3, -0.25) is 4.79 Å². The van der Waals surface area contributed by atoms with Crippen LogP contribution in [0.3, 0.4) is 0 Å². The molecule has 2 unspecified atom stereocenters. The van der Waals surface area contributed by atoms with Crippen molar-refractivity contribution in [1.82, 2.24) is 0 Å². The van der Waals surface area contributed by atoms with Crippen molar-refractivity contribution in [2.45, 2.75) is 26.2 Å². The van der Waals surface area contributed by atoms with Crippen LogP contribution in [0.25, 0.3) is 0 Å². The number of hydrogen-bond donors (Lipinski definition) is 0. The van der Waals surface area contributed by atoms with Crippen LogP contribution in [0.1, 0.15) is 26.2 Å². The van der Waals surface area contributed by atoms with Gasteiger partial charge in [-0.25, -0.2) is 0 Å². The van der Waals surface area contributed by atoms with E-state index in [-0.39, 0.29) is 17.8 Å². The highest BCUT2D eigenvalue weighted by Crippen LogP contribution is 2.26. The van der Waals surface area contributed by atoms with E-state index in [1.165, 1.54) is 0 Å². The first-order valence-corrected chi connectivity index (χ1v) is 4.35. The Morgan fingerprint density at radius 3 is 3.08 bits per heavy atom. The lowest BCUT2D eigenvalue weighted by atomic mass is 9.92. The van der Waals surface area contributed by atoms with Gasteiger partial charge in [-0.2, -0.15) is 5.26 Å². The molecule has 2 atom stereocenters. The Labute approximate surface area is 72.3 Å². The monoisotopic (exact) mass is 167 g/mol. The Morgan fingerprint density at radius 1 is 1.75 bits per heavy atom. The topological polar surface area (TPSA) is 50.1 Å². The SMILES string of the molecule is CCCCC1C(=O)OCC1C#N. The van der Waals surface area contributed by atoms with Crippen molar-refractivity contribution in [3.05, 3.63) is 0 Å². The van der Waals surface area contributed by atoms with E-state index in [2.05, 4.69) is 13.0 Å². The number of nitriles is 1. The van der Waals surface area contributed by atoms with E-state index >= 15 is 0 Å². The van der Waals surface area contributed by atoms with Crippen LogP contribution in [0.2, 0.25) is 0 Å². The summed E-state index contributed by atoms with van der Waals surface area (Å²) < 4.78 is 4.80. The second-order valence-corrected chi connectivity index (χ2v) is 3.11. The van der Waals surface area contributed by atoms with Gasteiger partial charge < -0.3 is 4.74 Å². The summed E-state index contributed by atoms with van der Waals surface area (Å²) in [5, 5.41) is 8.67. The highest BCUT2D eigenvalue weighted by atomic mass is 16.5. The van der Waals surface area contributed by atoms with Gasteiger partial charge in [0.1, 0.15) is 6.61 Å². The number of esters is 1. The third-order valence-electron chi connectivity index (χ3n) is 2.23. The molecule has 0 aromatic heterocycles. The largest absolute Gasteiger partial charge is 0.464 e. The summed E-state index contributed by atoms with van der Waals surface area (Å²) in [6.07, 6.45) is 2.85. The van der Waals surface area contributed by atoms with Crippen molar-refractivity contribution in [3.8, 4) is 6.07 Å². The van der Waals surface area contributed by atoms with Gasteiger partial charge in [0.05, 0.1) is 17.9 Å². The number of carbonyl (C=O) groups excluding carboxylic acids is 1. The van der Waals surface area contributed by atoms with Gasteiger partial charge in [0.2, 0.25) is 0 Å². The molecule has 1 rings (SSSR count). The first-order valence-electron chi connectivity index (χ1n) is 4.35. The molecule has 1 fully saturated rings. The highest BCUT2D eigenvalue weighted by Gasteiger charge is 2.36. The molecular weight excluding hydrogens is 154 g/mol. The number of rotatable bonds is 3. The number of carbonyl (C=O) groups is 1. The zero-order valence-corrected chi connectivity index (χ0v) is 7.25. The van der Waals surface area contributed by atoms with Gasteiger partial charge in [0.15, 0.2) is 0 Å². The predicted molar refractivity (Wildman–Crippen MR) is 43.1 cm³/mol. The minimum absolute atomic E-state index is 0.157. The van der Waals surface area contributed by atoms with Crippen LogP contribution < -0.4 is 0 Å². The fourth-order valence-corrected chi connectivity index (χ4v) is 1.43. The molecule has 0 saturated carbocycles. The molecule has 3 nitrogen and oxygen atoms in total. The number of nitrogens with zero attached hydrogens (tertiary/aromatic N) is 1. The molecule has 0 N–H and O–H groups in total. The predicted octanol–water partition coefficient (Wildman–Crippen LogP) is 1.49. The fraction of sp³-hybridized carbons (Fsp3) is 0.778. The van der Waals surface area contributed by atoms with E-state index in [4.69, 9.17) is 10.00 Å². The van der Waals surface area contributed by atoms with Crippen LogP contribution in [0, 0.1) is 23.2 Å². The minimum atomic E-state index is -0.205. The third kappa shape index (κ3) is 1.76. The van der Waals surface area contributed by atoms with Gasteiger partial charge in [-0.15, -0.1) is 0 Å². The molecule has 0 bridgehead atoms. The van der Waals surface area contributed by atoms with Gasteiger partial charge in [0.25, 0.3) is 0 Å². The van der Waals surface area contributed by atoms with Crippen LogP contribution in [-0.2, 0) is 9.53 Å². The normalized spacial score (nSPS) is 28.2. The maximum absolute atomic E-state index is 11.1. The number of hydrogen-bond acceptors (Lipinski definition) is 3. The second-order valence-electron chi connectivity index (χ2n) is 3.11. The molecular formula is C9H13NO2. The van der Waals surface area contributed by atoms with Gasteiger partial charge in [0, 0.05) is 0 Å². The molecule has 1 aliphatic heterocycles. The lowest BCUT2D eigenvalue weighted by Crippen LogP contribution is -2.14. The standard InChI is InChI=1S/C9H13NO2/c1-2-3-4-8-7(5-10)6-12-9(8)11/h7-8H,2-4,6H2,1H3. The highest BCUT2D eigenvalue weighted by molar-refractivity contribution is 5.75. The van der Waals surface area contributed by atoms with Crippen molar-refractivity contribution >= 4 is 5.97 Å². The Kier molecular flexibility index (Phi) is 3.09. The average Bonchev–Trinajstić information content (AvgIpc) is 2.43. The molecule has 12 heavy (non-hydrogen) atoms. The van der Waals surface area contributed by atoms with Crippen molar-refractivity contribution in [2.24, 2.45) is 11.8 Å². The molecule has 0 amide bonds. The molecule has 0 aliphatic carbocycles. The van der Waals surface area contributed by atoms with Crippen LogP contribution in [0.5, 0.6) is 0 Å². The van der Waals surface area contributed by atoms with Crippen molar-refractivity contribution < 1.29 is 9.53 Å². The van der Waals surface area contributed by atoms with E-state index in [1.54, 1.807) is 0 Å². The first kappa shape index (κ1) is 9.05. The van der Waals surface area contributed by atoms with E-state index in [0.717, 1.165) is 19.3 Å². The Balaban J connectivity index is 2.47. The quantitative estimate of drug-likeness (QED) is 0.598. The molecule has 66 valence electrons. The third-order valence-corrected chi connectivity index (χ3v) is 2.23. The van der Waals surface area contributed by atoms with Crippen LogP contribution in [0.15, 0.2) is 0 Å². The molecule has 1 saturated heterocycles. The summed E-state index contributed by atoms with van der Waals surface area (Å²) in [6.45, 7) is 2.37. The van der Waals surface area contributed by atoms with Crippen LogP contribution >= 0.6 is 0 Å². The molecule has 1 aliphatic rings. The van der Waals surface area contributed by atoms with Crippen molar-refractivity contribution in [2.75, 3.05) is 6.61 Å². The zero-order chi connectivity index (χ0) is 8.97. The summed E-state index contributed by atoms with van der Waals surface area (Å²) >= 11 is 0. The van der Waals surface area contributed by atoms with Gasteiger partial charge in [-0.1, -0.05) is 19.8 Å². The molecule has 0 spiro atoms. The van der Waals surface area contributed by atoms with Crippen LogP contribution in [-0.4, -0.2) is 12.6 Å². The van der Waals surface area contributed by atoms with E-state index in [1.807, 2.05) is 0 Å². The van der Waals surface area contributed by atoms with Gasteiger partial charge >= 0.3 is 5.97 Å². The molecule has 3 heteroatoms. The summed E-state index contributed by atoms with van der Waals surface area (Å²) in [4.78, 5) is 11.1. The molecule has 0 radical (unpaired) electrons. The smallest absolute Gasteiger partial charge is 0.310 e.